The van der Waals surface area contributed by atoms with Gasteiger partial charge in [-0.25, -0.2) is 4.79 Å². The number of carbonyl (C=O) groups is 1. The average molecular weight is 260 g/mol. The molecule has 1 atom stereocenters. The van der Waals surface area contributed by atoms with Gasteiger partial charge >= 0.3 is 6.09 Å². The van der Waals surface area contributed by atoms with Gasteiger partial charge in [-0.15, -0.1) is 0 Å². The van der Waals surface area contributed by atoms with Gasteiger partial charge in [-0.2, -0.15) is 0 Å². The van der Waals surface area contributed by atoms with Crippen molar-refractivity contribution in [3.8, 4) is 0 Å². The highest BCUT2D eigenvalue weighted by atomic mass is 16.6. The van der Waals surface area contributed by atoms with E-state index in [9.17, 15) is 4.79 Å². The zero-order chi connectivity index (χ0) is 13.8. The molecule has 2 aliphatic rings. The predicted molar refractivity (Wildman–Crippen MR) is 71.8 cm³/mol. The largest absolute Gasteiger partial charge is 0.444 e. The first kappa shape index (κ1) is 12.5. The van der Waals surface area contributed by atoms with E-state index in [4.69, 9.17) is 4.74 Å². The summed E-state index contributed by atoms with van der Waals surface area (Å²) in [5.41, 5.74) is 4.29. The van der Waals surface area contributed by atoms with E-state index in [1.807, 2.05) is 32.6 Å². The third-order valence-corrected chi connectivity index (χ3v) is 3.70. The van der Waals surface area contributed by atoms with E-state index in [0.29, 0.717) is 6.54 Å². The molecule has 0 saturated carbocycles. The smallest absolute Gasteiger partial charge is 0.411 e. The van der Waals surface area contributed by atoms with Gasteiger partial charge in [0, 0.05) is 11.3 Å². The minimum Gasteiger partial charge on any atom is -0.444 e. The molecule has 0 fully saturated rings. The van der Waals surface area contributed by atoms with Crippen LogP contribution in [0.15, 0.2) is 6.07 Å². The fourth-order valence-corrected chi connectivity index (χ4v) is 3.09. The van der Waals surface area contributed by atoms with Crippen molar-refractivity contribution in [1.82, 2.24) is 9.88 Å². The molecule has 19 heavy (non-hydrogen) atoms. The van der Waals surface area contributed by atoms with Gasteiger partial charge in [0.1, 0.15) is 5.60 Å². The first-order chi connectivity index (χ1) is 8.85. The highest BCUT2D eigenvalue weighted by Crippen LogP contribution is 2.44. The van der Waals surface area contributed by atoms with E-state index in [0.717, 1.165) is 24.2 Å². The second kappa shape index (κ2) is 3.95. The highest BCUT2D eigenvalue weighted by Gasteiger charge is 2.41. The van der Waals surface area contributed by atoms with Gasteiger partial charge in [0.15, 0.2) is 0 Å². The fraction of sp³-hybridized carbons (Fsp3) is 0.600. The number of nitrogens with zero attached hydrogens (tertiary/aromatic N) is 2. The van der Waals surface area contributed by atoms with Crippen molar-refractivity contribution in [1.29, 1.82) is 0 Å². The van der Waals surface area contributed by atoms with Gasteiger partial charge < -0.3 is 4.74 Å². The average Bonchev–Trinajstić information content (AvgIpc) is 2.81. The summed E-state index contributed by atoms with van der Waals surface area (Å²) in [5.74, 6) is 0. The van der Waals surface area contributed by atoms with E-state index >= 15 is 0 Å². The second-order valence-electron chi connectivity index (χ2n) is 6.45. The molecule has 1 aliphatic carbocycles. The summed E-state index contributed by atoms with van der Waals surface area (Å²) in [6, 6.07) is 2.32. The Hall–Kier alpha value is -1.58. The van der Waals surface area contributed by atoms with Crippen LogP contribution in [-0.2, 0) is 17.7 Å². The van der Waals surface area contributed by atoms with Crippen molar-refractivity contribution >= 4 is 6.09 Å². The molecular formula is C15H20N2O2. The number of rotatable bonds is 0. The summed E-state index contributed by atoms with van der Waals surface area (Å²) < 4.78 is 5.50. The van der Waals surface area contributed by atoms with E-state index in [1.54, 1.807) is 0 Å². The molecular weight excluding hydrogens is 240 g/mol. The molecule has 0 bridgehead atoms. The van der Waals surface area contributed by atoms with Crippen LogP contribution in [0.25, 0.3) is 0 Å². The summed E-state index contributed by atoms with van der Waals surface area (Å²) in [4.78, 5) is 18.7. The minimum absolute atomic E-state index is 0.174. The van der Waals surface area contributed by atoms with Crippen LogP contribution in [-0.4, -0.2) is 21.6 Å². The number of aryl methyl sites for hydroxylation is 2. The molecule has 3 rings (SSSR count). The Balaban J connectivity index is 1.89. The Labute approximate surface area is 113 Å². The standard InChI is InChI=1S/C15H20N2O2/c1-9-7-10-5-6-12-13(10)11(16-9)8-17(12)14(18)19-15(2,3)4/h7,12H,5-6,8H2,1-4H3. The number of carbonyl (C=O) groups excluding carboxylic acids is 1. The van der Waals surface area contributed by atoms with Crippen LogP contribution >= 0.6 is 0 Å². The Bertz CT molecular complexity index is 546. The van der Waals surface area contributed by atoms with E-state index in [-0.39, 0.29) is 12.1 Å². The third-order valence-electron chi connectivity index (χ3n) is 3.70. The summed E-state index contributed by atoms with van der Waals surface area (Å²) in [6.45, 7) is 8.30. The maximum Gasteiger partial charge on any atom is 0.411 e. The second-order valence-corrected chi connectivity index (χ2v) is 6.45. The number of hydrogen-bond donors (Lipinski definition) is 0. The molecule has 0 saturated heterocycles. The van der Waals surface area contributed by atoms with Crippen molar-refractivity contribution in [3.63, 3.8) is 0 Å². The summed E-state index contributed by atoms with van der Waals surface area (Å²) in [7, 11) is 0. The van der Waals surface area contributed by atoms with Crippen molar-refractivity contribution in [2.75, 3.05) is 0 Å². The Morgan fingerprint density at radius 1 is 1.47 bits per heavy atom. The molecule has 0 N–H and O–H groups in total. The maximum atomic E-state index is 12.3. The van der Waals surface area contributed by atoms with Crippen molar-refractivity contribution in [3.05, 3.63) is 28.6 Å². The molecule has 4 nitrogen and oxygen atoms in total. The molecule has 1 unspecified atom stereocenters. The molecule has 1 amide bonds. The van der Waals surface area contributed by atoms with Crippen LogP contribution in [0.5, 0.6) is 0 Å². The van der Waals surface area contributed by atoms with Crippen LogP contribution in [0.1, 0.15) is 55.7 Å². The first-order valence-electron chi connectivity index (χ1n) is 6.84. The number of ether oxygens (including phenoxy) is 1. The summed E-state index contributed by atoms with van der Waals surface area (Å²) >= 11 is 0. The third kappa shape index (κ3) is 2.09. The van der Waals surface area contributed by atoms with Crippen molar-refractivity contribution in [2.45, 2.75) is 58.7 Å². The van der Waals surface area contributed by atoms with Crippen LogP contribution in [0, 0.1) is 6.92 Å². The van der Waals surface area contributed by atoms with Gasteiger partial charge in [-0.3, -0.25) is 9.88 Å². The summed E-state index contributed by atoms with van der Waals surface area (Å²) in [5, 5.41) is 0. The normalized spacial score (nSPS) is 20.6. The molecule has 2 heterocycles. The van der Waals surface area contributed by atoms with Crippen molar-refractivity contribution in [2.24, 2.45) is 0 Å². The van der Waals surface area contributed by atoms with Crippen molar-refractivity contribution < 1.29 is 9.53 Å². The van der Waals surface area contributed by atoms with Gasteiger partial charge in [0.05, 0.1) is 18.3 Å². The lowest BCUT2D eigenvalue weighted by Crippen LogP contribution is -2.35. The lowest BCUT2D eigenvalue weighted by molar-refractivity contribution is 0.0170. The van der Waals surface area contributed by atoms with Gasteiger partial charge in [0.2, 0.25) is 0 Å². The summed E-state index contributed by atoms with van der Waals surface area (Å²) in [6.07, 6.45) is 1.81. The zero-order valence-electron chi connectivity index (χ0n) is 12.0. The lowest BCUT2D eigenvalue weighted by Gasteiger charge is -2.27. The van der Waals surface area contributed by atoms with Crippen LogP contribution < -0.4 is 0 Å². The van der Waals surface area contributed by atoms with Gasteiger partial charge in [-0.05, 0) is 52.2 Å². The van der Waals surface area contributed by atoms with E-state index in [1.165, 1.54) is 11.1 Å². The molecule has 1 aromatic heterocycles. The first-order valence-corrected chi connectivity index (χ1v) is 6.84. The highest BCUT2D eigenvalue weighted by molar-refractivity contribution is 5.70. The molecule has 0 spiro atoms. The Kier molecular flexibility index (Phi) is 2.59. The monoisotopic (exact) mass is 260 g/mol. The molecule has 1 aliphatic heterocycles. The SMILES string of the molecule is Cc1cc2c3c(n1)CN(C(=O)OC(C)(C)C)C3CC2. The Morgan fingerprint density at radius 2 is 2.21 bits per heavy atom. The minimum atomic E-state index is -0.448. The quantitative estimate of drug-likeness (QED) is 0.719. The molecule has 4 heteroatoms. The predicted octanol–water partition coefficient (Wildman–Crippen LogP) is 3.13. The van der Waals surface area contributed by atoms with Crippen LogP contribution in [0.4, 0.5) is 4.79 Å². The fourth-order valence-electron chi connectivity index (χ4n) is 3.09. The molecule has 0 radical (unpaired) electrons. The van der Waals surface area contributed by atoms with Gasteiger partial charge in [-0.1, -0.05) is 0 Å². The number of aromatic nitrogens is 1. The molecule has 0 aromatic carbocycles. The number of hydrogen-bond acceptors (Lipinski definition) is 3. The lowest BCUT2D eigenvalue weighted by atomic mass is 10.1. The van der Waals surface area contributed by atoms with E-state index < -0.39 is 5.60 Å². The number of amides is 1. The number of pyridine rings is 1. The Morgan fingerprint density at radius 3 is 2.89 bits per heavy atom. The maximum absolute atomic E-state index is 12.3. The van der Waals surface area contributed by atoms with Crippen LogP contribution in [0.3, 0.4) is 0 Å². The van der Waals surface area contributed by atoms with Gasteiger partial charge in [0.25, 0.3) is 0 Å². The topological polar surface area (TPSA) is 42.4 Å². The zero-order valence-corrected chi connectivity index (χ0v) is 12.0. The van der Waals surface area contributed by atoms with E-state index in [2.05, 4.69) is 11.1 Å². The molecule has 1 aromatic rings. The molecule has 102 valence electrons. The van der Waals surface area contributed by atoms with Crippen LogP contribution in [0.2, 0.25) is 0 Å².